The molecule has 5 rings (SSSR count). The Morgan fingerprint density at radius 2 is 1.51 bits per heavy atom. The lowest BCUT2D eigenvalue weighted by molar-refractivity contribution is -0.112. The molecule has 0 aliphatic carbocycles. The van der Waals surface area contributed by atoms with Gasteiger partial charge in [0, 0.05) is 42.0 Å². The number of ketones is 1. The van der Waals surface area contributed by atoms with E-state index in [1.54, 1.807) is 36.4 Å². The van der Waals surface area contributed by atoms with Gasteiger partial charge in [-0.25, -0.2) is 18.7 Å². The monoisotopic (exact) mass is 530 g/mol. The molecule has 0 saturated carbocycles. The second kappa shape index (κ2) is 10.6. The Morgan fingerprint density at radius 1 is 0.872 bits per heavy atom. The zero-order chi connectivity index (χ0) is 27.5. The van der Waals surface area contributed by atoms with Crippen LogP contribution in [0.1, 0.15) is 10.4 Å². The van der Waals surface area contributed by atoms with Gasteiger partial charge >= 0.3 is 0 Å². The summed E-state index contributed by atoms with van der Waals surface area (Å²) in [6.45, 7) is 0. The molecular formula is C28H20F2N4O5. The summed E-state index contributed by atoms with van der Waals surface area (Å²) in [6, 6.07) is 15.0. The smallest absolute Gasteiger partial charge is 0.296 e. The van der Waals surface area contributed by atoms with Crippen molar-refractivity contribution in [1.29, 1.82) is 0 Å². The van der Waals surface area contributed by atoms with E-state index < -0.39 is 28.9 Å². The summed E-state index contributed by atoms with van der Waals surface area (Å²) < 4.78 is 47.8. The van der Waals surface area contributed by atoms with Crippen molar-refractivity contribution in [3.63, 3.8) is 0 Å². The molecule has 0 radical (unpaired) electrons. The summed E-state index contributed by atoms with van der Waals surface area (Å²) in [5.74, 6) is -4.62. The molecule has 2 heterocycles. The molecule has 0 aliphatic rings. The quantitative estimate of drug-likeness (QED) is 0.214. The molecule has 1 N–H and O–H groups in total. The highest BCUT2D eigenvalue weighted by molar-refractivity contribution is 6.46. The molecule has 5 aromatic rings. The Kier molecular flexibility index (Phi) is 6.87. The summed E-state index contributed by atoms with van der Waals surface area (Å²) in [5, 5.41) is 2.75. The first-order chi connectivity index (χ1) is 18.9. The number of aromatic nitrogens is 3. The van der Waals surface area contributed by atoms with Gasteiger partial charge in [0.25, 0.3) is 11.7 Å². The highest BCUT2D eigenvalue weighted by atomic mass is 19.1. The van der Waals surface area contributed by atoms with Gasteiger partial charge in [-0.3, -0.25) is 9.59 Å². The number of Topliss-reactive ketones (excluding diaryl/α,β-unsaturated/α-hetero) is 1. The maximum atomic E-state index is 14.9. The van der Waals surface area contributed by atoms with Gasteiger partial charge in [-0.2, -0.15) is 0 Å². The van der Waals surface area contributed by atoms with E-state index in [4.69, 9.17) is 14.2 Å². The average Bonchev–Trinajstić information content (AvgIpc) is 3.47. The van der Waals surface area contributed by atoms with Crippen molar-refractivity contribution in [3.8, 4) is 28.8 Å². The molecule has 9 nitrogen and oxygen atoms in total. The molecule has 0 aliphatic heterocycles. The van der Waals surface area contributed by atoms with E-state index in [0.29, 0.717) is 22.4 Å². The van der Waals surface area contributed by atoms with Crippen molar-refractivity contribution in [2.24, 2.45) is 0 Å². The predicted octanol–water partition coefficient (Wildman–Crippen LogP) is 5.33. The number of hydrogen-bond donors (Lipinski definition) is 1. The van der Waals surface area contributed by atoms with Crippen LogP contribution < -0.4 is 19.5 Å². The van der Waals surface area contributed by atoms with Gasteiger partial charge < -0.3 is 24.1 Å². The Balaban J connectivity index is 1.36. The Bertz CT molecular complexity index is 1670. The standard InChI is InChI=1S/C28H20F2N4O5/c1-37-23-13-19-22(14-24(23)38-2)31-15-32-28(19)39-18-11-20(29)25(21(30)12-18)26(35)27(36)33-16-5-7-17(8-6-16)34-9-3-4-10-34/h3-15H,1-2H3,(H,33,36). The Hall–Kier alpha value is -5.32. The van der Waals surface area contributed by atoms with E-state index in [-0.39, 0.29) is 17.3 Å². The topological polar surface area (TPSA) is 105 Å². The molecule has 0 fully saturated rings. The minimum Gasteiger partial charge on any atom is -0.493 e. The van der Waals surface area contributed by atoms with Crippen molar-refractivity contribution in [2.75, 3.05) is 19.5 Å². The molecule has 0 unspecified atom stereocenters. The number of hydrogen-bond acceptors (Lipinski definition) is 7. The van der Waals surface area contributed by atoms with Gasteiger partial charge in [0.15, 0.2) is 11.5 Å². The van der Waals surface area contributed by atoms with Gasteiger partial charge in [0.2, 0.25) is 5.88 Å². The molecule has 196 valence electrons. The molecule has 3 aromatic carbocycles. The van der Waals surface area contributed by atoms with Gasteiger partial charge in [0.05, 0.1) is 30.7 Å². The number of methoxy groups -OCH3 is 2. The zero-order valence-corrected chi connectivity index (χ0v) is 20.6. The molecule has 11 heteroatoms. The molecule has 0 bridgehead atoms. The van der Waals surface area contributed by atoms with Crippen LogP contribution in [0.15, 0.2) is 79.4 Å². The number of nitrogens with zero attached hydrogens (tertiary/aromatic N) is 3. The number of carbonyl (C=O) groups is 2. The Morgan fingerprint density at radius 3 is 2.15 bits per heavy atom. The van der Waals surface area contributed by atoms with E-state index in [1.807, 2.05) is 29.1 Å². The van der Waals surface area contributed by atoms with Crippen LogP contribution in [0.5, 0.6) is 23.1 Å². The predicted molar refractivity (Wildman–Crippen MR) is 138 cm³/mol. The number of amides is 1. The fourth-order valence-corrected chi connectivity index (χ4v) is 3.90. The summed E-state index contributed by atoms with van der Waals surface area (Å²) in [6.07, 6.45) is 4.90. The molecule has 0 spiro atoms. The van der Waals surface area contributed by atoms with E-state index in [9.17, 15) is 18.4 Å². The number of halogens is 2. The lowest BCUT2D eigenvalue weighted by Crippen LogP contribution is -2.25. The second-order valence-corrected chi connectivity index (χ2v) is 8.19. The fourth-order valence-electron chi connectivity index (χ4n) is 3.90. The van der Waals surface area contributed by atoms with E-state index in [1.165, 1.54) is 20.5 Å². The maximum absolute atomic E-state index is 14.9. The molecule has 39 heavy (non-hydrogen) atoms. The first-order valence-electron chi connectivity index (χ1n) is 11.5. The van der Waals surface area contributed by atoms with Gasteiger partial charge in [0.1, 0.15) is 23.7 Å². The van der Waals surface area contributed by atoms with Crippen LogP contribution in [0.25, 0.3) is 16.6 Å². The van der Waals surface area contributed by atoms with Crippen molar-refractivity contribution in [2.45, 2.75) is 0 Å². The number of anilines is 1. The summed E-state index contributed by atoms with van der Waals surface area (Å²) in [7, 11) is 2.92. The van der Waals surface area contributed by atoms with E-state index >= 15 is 0 Å². The summed E-state index contributed by atoms with van der Waals surface area (Å²) in [5.41, 5.74) is 0.532. The minimum atomic E-state index is -1.38. The van der Waals surface area contributed by atoms with E-state index in [2.05, 4.69) is 15.3 Å². The highest BCUT2D eigenvalue weighted by Gasteiger charge is 2.26. The third-order valence-electron chi connectivity index (χ3n) is 5.80. The third kappa shape index (κ3) is 5.10. The van der Waals surface area contributed by atoms with Crippen molar-refractivity contribution < 1.29 is 32.6 Å². The number of benzene rings is 3. The SMILES string of the molecule is COc1cc2ncnc(Oc3cc(F)c(C(=O)C(=O)Nc4ccc(-n5cccc5)cc4)c(F)c3)c2cc1OC. The van der Waals surface area contributed by atoms with E-state index in [0.717, 1.165) is 17.8 Å². The third-order valence-corrected chi connectivity index (χ3v) is 5.80. The first kappa shape index (κ1) is 25.3. The van der Waals surface area contributed by atoms with Crippen LogP contribution in [0.2, 0.25) is 0 Å². The van der Waals surface area contributed by atoms with Crippen LogP contribution in [-0.2, 0) is 4.79 Å². The first-order valence-corrected chi connectivity index (χ1v) is 11.5. The lowest BCUT2D eigenvalue weighted by atomic mass is 10.1. The fraction of sp³-hybridized carbons (Fsp3) is 0.0714. The summed E-state index contributed by atoms with van der Waals surface area (Å²) >= 11 is 0. The van der Waals surface area contributed by atoms with Crippen molar-refractivity contribution in [3.05, 3.63) is 96.6 Å². The largest absolute Gasteiger partial charge is 0.493 e. The average molecular weight is 530 g/mol. The number of nitrogens with one attached hydrogen (secondary N) is 1. The number of rotatable bonds is 8. The van der Waals surface area contributed by atoms with Crippen molar-refractivity contribution >= 4 is 28.3 Å². The van der Waals surface area contributed by atoms with Crippen LogP contribution in [0, 0.1) is 11.6 Å². The van der Waals surface area contributed by atoms with Crippen LogP contribution in [-0.4, -0.2) is 40.4 Å². The molecule has 0 atom stereocenters. The van der Waals surface area contributed by atoms with Gasteiger partial charge in [-0.15, -0.1) is 0 Å². The molecule has 0 saturated heterocycles. The van der Waals surface area contributed by atoms with Gasteiger partial charge in [-0.05, 0) is 42.5 Å². The molecular weight excluding hydrogens is 510 g/mol. The van der Waals surface area contributed by atoms with Gasteiger partial charge in [-0.1, -0.05) is 0 Å². The zero-order valence-electron chi connectivity index (χ0n) is 20.6. The van der Waals surface area contributed by atoms with Crippen LogP contribution >= 0.6 is 0 Å². The Labute approximate surface area is 220 Å². The minimum absolute atomic E-state index is 0.0140. The maximum Gasteiger partial charge on any atom is 0.296 e. The van der Waals surface area contributed by atoms with Crippen LogP contribution in [0.3, 0.4) is 0 Å². The lowest BCUT2D eigenvalue weighted by Gasteiger charge is -2.12. The summed E-state index contributed by atoms with van der Waals surface area (Å²) in [4.78, 5) is 33.3. The second-order valence-electron chi connectivity index (χ2n) is 8.19. The molecule has 2 aromatic heterocycles. The molecule has 1 amide bonds. The van der Waals surface area contributed by atoms with Crippen LogP contribution in [0.4, 0.5) is 14.5 Å². The highest BCUT2D eigenvalue weighted by Crippen LogP contribution is 2.36. The van der Waals surface area contributed by atoms with Crippen molar-refractivity contribution in [1.82, 2.24) is 14.5 Å². The number of fused-ring (bicyclic) bond motifs is 1. The number of carbonyl (C=O) groups excluding carboxylic acids is 2. The normalized spacial score (nSPS) is 10.8. The number of ether oxygens (including phenoxy) is 3.